The van der Waals surface area contributed by atoms with E-state index in [0.29, 0.717) is 12.2 Å². The van der Waals surface area contributed by atoms with Crippen molar-refractivity contribution in [1.29, 1.82) is 0 Å². The van der Waals surface area contributed by atoms with Gasteiger partial charge in [0.05, 0.1) is 19.3 Å². The van der Waals surface area contributed by atoms with Gasteiger partial charge in [0, 0.05) is 6.54 Å². The zero-order valence-corrected chi connectivity index (χ0v) is 9.44. The van der Waals surface area contributed by atoms with Crippen LogP contribution in [0.1, 0.15) is 17.2 Å². The molecule has 1 aliphatic rings. The van der Waals surface area contributed by atoms with E-state index >= 15 is 0 Å². The molecular formula is C11H15ClFNO. The standard InChI is InChI=1S/C11H14FNO.ClH/c1-8-6-9(2-3-10(8)12)11-7-14-5-4-13-11;/h2-3,6,11,13H,4-5,7H2,1H3;1H/t11-;/m0./s1. The first-order valence-electron chi connectivity index (χ1n) is 4.84. The fraction of sp³-hybridized carbons (Fsp3) is 0.455. The van der Waals surface area contributed by atoms with Crippen molar-refractivity contribution < 1.29 is 9.13 Å². The molecule has 0 aromatic heterocycles. The third-order valence-electron chi connectivity index (χ3n) is 2.51. The molecule has 0 aliphatic carbocycles. The largest absolute Gasteiger partial charge is 0.378 e. The molecule has 0 unspecified atom stereocenters. The lowest BCUT2D eigenvalue weighted by molar-refractivity contribution is 0.0768. The molecule has 0 bridgehead atoms. The number of nitrogens with one attached hydrogen (secondary N) is 1. The van der Waals surface area contributed by atoms with E-state index in [4.69, 9.17) is 4.74 Å². The van der Waals surface area contributed by atoms with Gasteiger partial charge in [0.2, 0.25) is 0 Å². The Labute approximate surface area is 95.2 Å². The van der Waals surface area contributed by atoms with Crippen molar-refractivity contribution in [3.8, 4) is 0 Å². The molecule has 1 heterocycles. The summed E-state index contributed by atoms with van der Waals surface area (Å²) in [5.74, 6) is -0.148. The molecule has 4 heteroatoms. The van der Waals surface area contributed by atoms with E-state index < -0.39 is 0 Å². The third kappa shape index (κ3) is 2.91. The molecule has 1 aromatic carbocycles. The second-order valence-electron chi connectivity index (χ2n) is 3.59. The number of rotatable bonds is 1. The first-order chi connectivity index (χ1) is 6.77. The van der Waals surface area contributed by atoms with Crippen molar-refractivity contribution in [2.45, 2.75) is 13.0 Å². The molecule has 0 amide bonds. The summed E-state index contributed by atoms with van der Waals surface area (Å²) in [6, 6.07) is 5.42. The highest BCUT2D eigenvalue weighted by molar-refractivity contribution is 5.85. The molecule has 0 saturated carbocycles. The van der Waals surface area contributed by atoms with Gasteiger partial charge in [-0.3, -0.25) is 0 Å². The molecule has 1 N–H and O–H groups in total. The van der Waals surface area contributed by atoms with Crippen LogP contribution in [0.25, 0.3) is 0 Å². The lowest BCUT2D eigenvalue weighted by Gasteiger charge is -2.24. The Kier molecular flexibility index (Phi) is 4.51. The number of benzene rings is 1. The molecule has 0 radical (unpaired) electrons. The van der Waals surface area contributed by atoms with Gasteiger partial charge < -0.3 is 10.1 Å². The van der Waals surface area contributed by atoms with E-state index in [1.54, 1.807) is 6.92 Å². The van der Waals surface area contributed by atoms with Crippen molar-refractivity contribution in [1.82, 2.24) is 5.32 Å². The monoisotopic (exact) mass is 231 g/mol. The number of ether oxygens (including phenoxy) is 1. The predicted molar refractivity (Wildman–Crippen MR) is 59.9 cm³/mol. The number of halogens is 2. The van der Waals surface area contributed by atoms with Crippen LogP contribution in [0.4, 0.5) is 4.39 Å². The summed E-state index contributed by atoms with van der Waals surface area (Å²) in [6.07, 6.45) is 0. The van der Waals surface area contributed by atoms with Gasteiger partial charge in [0.25, 0.3) is 0 Å². The summed E-state index contributed by atoms with van der Waals surface area (Å²) in [5, 5.41) is 3.33. The molecule has 1 saturated heterocycles. The highest BCUT2D eigenvalue weighted by Crippen LogP contribution is 2.18. The second kappa shape index (κ2) is 5.45. The average molecular weight is 232 g/mol. The van der Waals surface area contributed by atoms with E-state index in [-0.39, 0.29) is 24.3 Å². The smallest absolute Gasteiger partial charge is 0.126 e. The van der Waals surface area contributed by atoms with Crippen LogP contribution in [0.2, 0.25) is 0 Å². The van der Waals surface area contributed by atoms with Crippen LogP contribution in [0.15, 0.2) is 18.2 Å². The highest BCUT2D eigenvalue weighted by atomic mass is 35.5. The van der Waals surface area contributed by atoms with Gasteiger partial charge in [-0.05, 0) is 24.1 Å². The van der Waals surface area contributed by atoms with Crippen molar-refractivity contribution in [3.63, 3.8) is 0 Å². The van der Waals surface area contributed by atoms with Gasteiger partial charge in [0.15, 0.2) is 0 Å². The van der Waals surface area contributed by atoms with Crippen LogP contribution in [-0.2, 0) is 4.74 Å². The van der Waals surface area contributed by atoms with Crippen molar-refractivity contribution >= 4 is 12.4 Å². The normalized spacial score (nSPS) is 20.8. The Morgan fingerprint density at radius 3 is 2.87 bits per heavy atom. The topological polar surface area (TPSA) is 21.3 Å². The summed E-state index contributed by atoms with van der Waals surface area (Å²) >= 11 is 0. The van der Waals surface area contributed by atoms with Crippen LogP contribution in [0, 0.1) is 12.7 Å². The van der Waals surface area contributed by atoms with Gasteiger partial charge in [-0.1, -0.05) is 12.1 Å². The Morgan fingerprint density at radius 2 is 2.27 bits per heavy atom. The quantitative estimate of drug-likeness (QED) is 0.800. The minimum Gasteiger partial charge on any atom is -0.378 e. The number of hydrogen-bond acceptors (Lipinski definition) is 2. The summed E-state index contributed by atoms with van der Waals surface area (Å²) in [6.45, 7) is 4.07. The molecule has 1 fully saturated rings. The SMILES string of the molecule is Cc1cc([C@@H]2COCCN2)ccc1F.Cl. The van der Waals surface area contributed by atoms with Gasteiger partial charge in [0.1, 0.15) is 5.82 Å². The average Bonchev–Trinajstić information content (AvgIpc) is 2.23. The zero-order chi connectivity index (χ0) is 9.97. The molecule has 15 heavy (non-hydrogen) atoms. The summed E-state index contributed by atoms with van der Waals surface area (Å²) < 4.78 is 18.4. The summed E-state index contributed by atoms with van der Waals surface area (Å²) in [4.78, 5) is 0. The van der Waals surface area contributed by atoms with Crippen molar-refractivity contribution in [2.24, 2.45) is 0 Å². The maximum absolute atomic E-state index is 13.0. The second-order valence-corrected chi connectivity index (χ2v) is 3.59. The van der Waals surface area contributed by atoms with Gasteiger partial charge >= 0.3 is 0 Å². The van der Waals surface area contributed by atoms with E-state index in [9.17, 15) is 4.39 Å². The molecule has 0 spiro atoms. The van der Waals surface area contributed by atoms with Gasteiger partial charge in [-0.25, -0.2) is 4.39 Å². The Morgan fingerprint density at radius 1 is 1.47 bits per heavy atom. The molecule has 84 valence electrons. The molecule has 2 rings (SSSR count). The van der Waals surface area contributed by atoms with E-state index in [1.165, 1.54) is 6.07 Å². The number of hydrogen-bond donors (Lipinski definition) is 1. The Bertz CT molecular complexity index is 326. The maximum atomic E-state index is 13.0. The van der Waals surface area contributed by atoms with Crippen LogP contribution in [0.3, 0.4) is 0 Å². The van der Waals surface area contributed by atoms with E-state index in [0.717, 1.165) is 18.7 Å². The van der Waals surface area contributed by atoms with Crippen LogP contribution in [-0.4, -0.2) is 19.8 Å². The predicted octanol–water partition coefficient (Wildman–Crippen LogP) is 2.22. The van der Waals surface area contributed by atoms with E-state index in [1.807, 2.05) is 12.1 Å². The van der Waals surface area contributed by atoms with Gasteiger partial charge in [-0.15, -0.1) is 12.4 Å². The first kappa shape index (κ1) is 12.4. The summed E-state index contributed by atoms with van der Waals surface area (Å²) in [7, 11) is 0. The van der Waals surface area contributed by atoms with Crippen LogP contribution < -0.4 is 5.32 Å². The van der Waals surface area contributed by atoms with Crippen molar-refractivity contribution in [3.05, 3.63) is 35.1 Å². The van der Waals surface area contributed by atoms with Crippen LogP contribution in [0.5, 0.6) is 0 Å². The third-order valence-corrected chi connectivity index (χ3v) is 2.51. The fourth-order valence-electron chi connectivity index (χ4n) is 1.66. The van der Waals surface area contributed by atoms with Gasteiger partial charge in [-0.2, -0.15) is 0 Å². The lowest BCUT2D eigenvalue weighted by atomic mass is 10.0. The van der Waals surface area contributed by atoms with Crippen LogP contribution >= 0.6 is 12.4 Å². The number of morpholine rings is 1. The molecule has 2 nitrogen and oxygen atoms in total. The minimum atomic E-state index is -0.148. The highest BCUT2D eigenvalue weighted by Gasteiger charge is 2.15. The fourth-order valence-corrected chi connectivity index (χ4v) is 1.66. The maximum Gasteiger partial charge on any atom is 0.126 e. The number of aryl methyl sites for hydroxylation is 1. The Balaban J connectivity index is 0.00000112. The zero-order valence-electron chi connectivity index (χ0n) is 8.63. The molecule has 1 aliphatic heterocycles. The molecule has 1 aromatic rings. The molecular weight excluding hydrogens is 217 g/mol. The molecule has 1 atom stereocenters. The van der Waals surface area contributed by atoms with E-state index in [2.05, 4.69) is 5.32 Å². The van der Waals surface area contributed by atoms with Crippen molar-refractivity contribution in [2.75, 3.05) is 19.8 Å². The first-order valence-corrected chi connectivity index (χ1v) is 4.84. The minimum absolute atomic E-state index is 0. The summed E-state index contributed by atoms with van der Waals surface area (Å²) in [5.41, 5.74) is 1.79. The Hall–Kier alpha value is -0.640. The lowest BCUT2D eigenvalue weighted by Crippen LogP contribution is -2.34.